The molecule has 9 heteroatoms. The number of aliphatic imine (C=N–C) groups is 1. The van der Waals surface area contributed by atoms with Gasteiger partial charge in [0.25, 0.3) is 0 Å². The molecule has 2 aliphatic rings. The largest absolute Gasteiger partial charge is 2.00 e. The first-order valence-corrected chi connectivity index (χ1v) is 11.1. The van der Waals surface area contributed by atoms with Crippen molar-refractivity contribution < 1.29 is 16.8 Å². The average molecular weight is 509 g/mol. The van der Waals surface area contributed by atoms with Crippen molar-refractivity contribution in [2.75, 3.05) is 0 Å². The van der Waals surface area contributed by atoms with Gasteiger partial charge in [-0.25, -0.2) is 9.37 Å². The Morgan fingerprint density at radius 1 is 1.21 bits per heavy atom. The molecule has 3 heterocycles. The summed E-state index contributed by atoms with van der Waals surface area (Å²) in [6, 6.07) is 12.3. The Kier molecular flexibility index (Phi) is 8.34. The van der Waals surface area contributed by atoms with E-state index in [0.29, 0.717) is 29.3 Å². The summed E-state index contributed by atoms with van der Waals surface area (Å²) in [6.07, 6.45) is 2.88. The Balaban J connectivity index is 0.000000429. The van der Waals surface area contributed by atoms with Crippen molar-refractivity contribution in [1.29, 1.82) is 0 Å². The Hall–Kier alpha value is -2.06. The van der Waals surface area contributed by atoms with Crippen LogP contribution in [0.2, 0.25) is 5.02 Å². The predicted molar refractivity (Wildman–Crippen MR) is 133 cm³/mol. The predicted octanol–water partition coefficient (Wildman–Crippen LogP) is 4.62. The number of aromatic nitrogens is 2. The topological polar surface area (TPSA) is 76.3 Å². The van der Waals surface area contributed by atoms with E-state index in [2.05, 4.69) is 15.3 Å². The molecule has 3 aromatic rings. The van der Waals surface area contributed by atoms with Gasteiger partial charge in [-0.2, -0.15) is 0 Å². The van der Waals surface area contributed by atoms with E-state index in [1.54, 1.807) is 12.1 Å². The molecule has 0 aliphatic carbocycles. The Labute approximate surface area is 235 Å². The molecule has 1 N–H and O–H groups in total. The average Bonchev–Trinajstić information content (AvgIpc) is 3.22. The number of imide groups is 1. The van der Waals surface area contributed by atoms with Crippen molar-refractivity contribution in [3.05, 3.63) is 82.1 Å². The fourth-order valence-corrected chi connectivity index (χ4v) is 4.17. The zero-order valence-corrected chi connectivity index (χ0v) is 22.3. The second-order valence-electron chi connectivity index (χ2n) is 8.41. The van der Waals surface area contributed by atoms with Gasteiger partial charge >= 0.3 is 37.7 Å². The van der Waals surface area contributed by atoms with Crippen LogP contribution in [-0.2, 0) is 16.1 Å². The van der Waals surface area contributed by atoms with Crippen molar-refractivity contribution in [2.24, 2.45) is 10.4 Å². The zero-order valence-electron chi connectivity index (χ0n) is 21.4. The van der Waals surface area contributed by atoms with Crippen LogP contribution < -0.4 is 5.32 Å². The Morgan fingerprint density at radius 2 is 1.94 bits per heavy atom. The smallest absolute Gasteiger partial charge is 1.00 e. The molecule has 2 aromatic carbocycles. The molecule has 0 radical (unpaired) electrons. The van der Waals surface area contributed by atoms with E-state index in [-0.39, 0.29) is 58.2 Å². The van der Waals surface area contributed by atoms with Gasteiger partial charge < -0.3 is 2.85 Å². The number of halogens is 2. The Morgan fingerprint density at radius 3 is 2.56 bits per heavy atom. The number of carbonyl (C=O) groups is 2. The summed E-state index contributed by atoms with van der Waals surface area (Å²) in [7, 11) is 0. The van der Waals surface area contributed by atoms with E-state index in [9.17, 15) is 14.0 Å². The number of carbonyl (C=O) groups excluding carboxylic acids is 2. The monoisotopic (exact) mass is 508 g/mol. The molecule has 1 atom stereocenters. The number of rotatable bonds is 2. The third-order valence-corrected chi connectivity index (χ3v) is 6.36. The summed E-state index contributed by atoms with van der Waals surface area (Å²) in [5, 5.41) is 2.87. The molecule has 34 heavy (non-hydrogen) atoms. The maximum absolute atomic E-state index is 14.3. The SMILES string of the molecule is CCC1(C)CC(=O)NC1=O.Cc1ncc2n1-c1ccc(Cl)cc1C(c1ccccc1F)=NC2.[Ca+2].[H-].[H-]. The molecule has 0 spiro atoms. The molecule has 0 saturated carbocycles. The molecule has 1 fully saturated rings. The molecule has 2 aliphatic heterocycles. The first-order chi connectivity index (χ1) is 15.7. The first kappa shape index (κ1) is 26.5. The van der Waals surface area contributed by atoms with Gasteiger partial charge in [-0.05, 0) is 43.7 Å². The van der Waals surface area contributed by atoms with Gasteiger partial charge in [-0.15, -0.1) is 0 Å². The molecule has 6 nitrogen and oxygen atoms in total. The van der Waals surface area contributed by atoms with Crippen molar-refractivity contribution >= 4 is 66.9 Å². The number of benzene rings is 2. The number of imidazole rings is 1. The molecule has 1 saturated heterocycles. The third kappa shape index (κ3) is 5.13. The number of nitrogens with one attached hydrogen (secondary N) is 1. The molecule has 0 bridgehead atoms. The maximum Gasteiger partial charge on any atom is 2.00 e. The van der Waals surface area contributed by atoms with Crippen LogP contribution in [-0.4, -0.2) is 64.8 Å². The molecule has 1 unspecified atom stereocenters. The van der Waals surface area contributed by atoms with Gasteiger partial charge in [0.2, 0.25) is 11.8 Å². The van der Waals surface area contributed by atoms with Crippen molar-refractivity contribution in [3.63, 3.8) is 0 Å². The minimum absolute atomic E-state index is 0. The van der Waals surface area contributed by atoms with Crippen molar-refractivity contribution in [3.8, 4) is 5.69 Å². The molecule has 1 aromatic heterocycles. The van der Waals surface area contributed by atoms with E-state index in [1.165, 1.54) is 6.07 Å². The van der Waals surface area contributed by atoms with E-state index in [4.69, 9.17) is 11.6 Å². The molecular formula is C25H26CaClFN4O2. The van der Waals surface area contributed by atoms with Crippen LogP contribution in [0.1, 0.15) is 52.2 Å². The minimum Gasteiger partial charge on any atom is -1.00 e. The number of hydrogen-bond donors (Lipinski definition) is 1. The van der Waals surface area contributed by atoms with Crippen LogP contribution in [0.25, 0.3) is 5.69 Å². The standard InChI is InChI=1S/C18H13ClFN3.C7H11NO2.Ca.2H/c1-11-21-9-13-10-22-18(14-4-2-3-5-16(14)20)15-8-12(19)6-7-17(15)23(11)13;1-3-7(2)4-5(9)8-6(7)10;;;/h2-9H,10H2,1H3;3-4H2,1-2H3,(H,8,9,10);;;/q;;+2;2*-1. The van der Waals surface area contributed by atoms with Gasteiger partial charge in [-0.3, -0.25) is 24.5 Å². The first-order valence-electron chi connectivity index (χ1n) is 10.7. The zero-order chi connectivity index (χ0) is 23.8. The number of amides is 2. The van der Waals surface area contributed by atoms with Crippen LogP contribution in [0.5, 0.6) is 0 Å². The minimum atomic E-state index is -0.433. The van der Waals surface area contributed by atoms with Crippen LogP contribution in [0.3, 0.4) is 0 Å². The summed E-state index contributed by atoms with van der Waals surface area (Å²) in [4.78, 5) is 30.7. The second kappa shape index (κ2) is 10.7. The molecule has 5 rings (SSSR count). The second-order valence-corrected chi connectivity index (χ2v) is 8.84. The van der Waals surface area contributed by atoms with Gasteiger partial charge in [-0.1, -0.05) is 37.6 Å². The number of fused-ring (bicyclic) bond motifs is 3. The van der Waals surface area contributed by atoms with Gasteiger partial charge in [0.15, 0.2) is 0 Å². The third-order valence-electron chi connectivity index (χ3n) is 6.13. The van der Waals surface area contributed by atoms with Gasteiger partial charge in [0, 0.05) is 22.6 Å². The van der Waals surface area contributed by atoms with Crippen LogP contribution >= 0.6 is 11.6 Å². The van der Waals surface area contributed by atoms with E-state index < -0.39 is 5.41 Å². The quantitative estimate of drug-likeness (QED) is 0.405. The summed E-state index contributed by atoms with van der Waals surface area (Å²) in [5.74, 6) is 0.307. The van der Waals surface area contributed by atoms with Crippen LogP contribution in [0.15, 0.2) is 53.7 Å². The molecule has 174 valence electrons. The summed E-state index contributed by atoms with van der Waals surface area (Å²) < 4.78 is 16.3. The summed E-state index contributed by atoms with van der Waals surface area (Å²) >= 11 is 6.19. The van der Waals surface area contributed by atoms with Crippen LogP contribution in [0.4, 0.5) is 4.39 Å². The summed E-state index contributed by atoms with van der Waals surface area (Å²) in [6.45, 7) is 6.11. The number of aryl methyl sites for hydroxylation is 1. The van der Waals surface area contributed by atoms with E-state index in [1.807, 2.05) is 55.8 Å². The summed E-state index contributed by atoms with van der Waals surface area (Å²) in [5.41, 5.74) is 3.35. The van der Waals surface area contributed by atoms with Crippen LogP contribution in [0, 0.1) is 18.2 Å². The van der Waals surface area contributed by atoms with Crippen molar-refractivity contribution in [2.45, 2.75) is 40.2 Å². The van der Waals surface area contributed by atoms with E-state index >= 15 is 0 Å². The molecule has 2 amide bonds. The van der Waals surface area contributed by atoms with Gasteiger partial charge in [0.1, 0.15) is 11.6 Å². The number of nitrogens with zero attached hydrogens (tertiary/aromatic N) is 3. The number of hydrogen-bond acceptors (Lipinski definition) is 4. The fraction of sp³-hybridized carbons (Fsp3) is 0.280. The normalized spacial score (nSPS) is 18.4. The van der Waals surface area contributed by atoms with E-state index in [0.717, 1.165) is 29.2 Å². The molecular weight excluding hydrogens is 483 g/mol. The maximum atomic E-state index is 14.3. The Bertz CT molecular complexity index is 1300. The van der Waals surface area contributed by atoms with Gasteiger partial charge in [0.05, 0.1) is 35.2 Å². The fourth-order valence-electron chi connectivity index (χ4n) is 4.00. The van der Waals surface area contributed by atoms with Crippen molar-refractivity contribution in [1.82, 2.24) is 14.9 Å².